The molecule has 4 rings (SSSR count). The number of hydrogen-bond acceptors (Lipinski definition) is 6. The van der Waals surface area contributed by atoms with E-state index in [2.05, 4.69) is 55.4 Å². The van der Waals surface area contributed by atoms with Crippen molar-refractivity contribution in [2.24, 2.45) is 4.99 Å². The van der Waals surface area contributed by atoms with Crippen LogP contribution in [0.5, 0.6) is 0 Å². The van der Waals surface area contributed by atoms with Crippen molar-refractivity contribution >= 4 is 39.5 Å². The Morgan fingerprint density at radius 2 is 1.64 bits per heavy atom. The lowest BCUT2D eigenvalue weighted by atomic mass is 10.1. The Hall–Kier alpha value is -2.38. The van der Waals surface area contributed by atoms with E-state index in [1.54, 1.807) is 11.3 Å². The van der Waals surface area contributed by atoms with Gasteiger partial charge in [0.15, 0.2) is 0 Å². The van der Waals surface area contributed by atoms with E-state index in [1.807, 2.05) is 6.07 Å². The Morgan fingerprint density at radius 3 is 2.33 bits per heavy atom. The van der Waals surface area contributed by atoms with Gasteiger partial charge in [-0.1, -0.05) is 83.3 Å². The number of nitrogens with one attached hydrogen (secondary N) is 1. The minimum Gasteiger partial charge on any atom is -0.415 e. The van der Waals surface area contributed by atoms with Crippen LogP contribution in [0.25, 0.3) is 0 Å². The van der Waals surface area contributed by atoms with Crippen LogP contribution in [-0.4, -0.2) is 61.1 Å². The third-order valence-corrected chi connectivity index (χ3v) is 9.08. The molecular weight excluding hydrogens is 504 g/mol. The number of thiophene rings is 1. The second-order valence-corrected chi connectivity index (χ2v) is 12.9. The minimum absolute atomic E-state index is 0.0399. The summed E-state index contributed by atoms with van der Waals surface area (Å²) in [6.45, 7) is 8.52. The molecule has 1 N–H and O–H groups in total. The molecule has 0 atom stereocenters. The average Bonchev–Trinajstić information content (AvgIpc) is 3.22. The number of nitrogens with zero attached hydrogens (tertiary/aromatic N) is 3. The largest absolute Gasteiger partial charge is 0.415 e. The van der Waals surface area contributed by atoms with Crippen LogP contribution in [0, 0.1) is 6.92 Å². The number of fused-ring (bicyclic) bond motifs is 2. The molecule has 0 spiro atoms. The molecule has 3 heterocycles. The number of amidine groups is 1. The number of anilines is 2. The number of hydrogen-bond donors (Lipinski definition) is 1. The van der Waals surface area contributed by atoms with Gasteiger partial charge in [-0.2, -0.15) is 0 Å². The highest BCUT2D eigenvalue weighted by Crippen LogP contribution is 2.39. The van der Waals surface area contributed by atoms with Gasteiger partial charge in [-0.05, 0) is 31.5 Å². The van der Waals surface area contributed by atoms with Gasteiger partial charge >= 0.3 is 5.97 Å². The van der Waals surface area contributed by atoms with E-state index < -0.39 is 0 Å². The molecule has 2 aromatic rings. The molecule has 1 aromatic heterocycles. The lowest BCUT2D eigenvalue weighted by molar-refractivity contribution is -0.929. The number of ether oxygens (including phenoxy) is 1. The van der Waals surface area contributed by atoms with E-state index in [1.165, 1.54) is 68.2 Å². The molecular formula is C32H49N4O2S+. The Bertz CT molecular complexity index is 1090. The van der Waals surface area contributed by atoms with Crippen molar-refractivity contribution in [2.45, 2.75) is 90.9 Å². The highest BCUT2D eigenvalue weighted by atomic mass is 32.1. The summed E-state index contributed by atoms with van der Waals surface area (Å²) < 4.78 is 6.52. The molecule has 1 fully saturated rings. The molecule has 2 aliphatic rings. The van der Waals surface area contributed by atoms with Crippen LogP contribution in [0.15, 0.2) is 35.3 Å². The first-order valence-electron chi connectivity index (χ1n) is 15.3. The van der Waals surface area contributed by atoms with Gasteiger partial charge in [0, 0.05) is 11.3 Å². The molecule has 0 aliphatic carbocycles. The smallest absolute Gasteiger partial charge is 0.310 e. The summed E-state index contributed by atoms with van der Waals surface area (Å²) in [7, 11) is 2.21. The number of esters is 1. The monoisotopic (exact) mass is 553 g/mol. The van der Waals surface area contributed by atoms with Gasteiger partial charge in [-0.25, -0.2) is 4.99 Å². The van der Waals surface area contributed by atoms with Gasteiger partial charge in [0.05, 0.1) is 50.2 Å². The molecule has 1 saturated heterocycles. The number of likely N-dealkylation sites (N-methyl/N-ethyl adjacent to an activating group) is 1. The number of quaternary nitrogens is 1. The molecule has 6 nitrogen and oxygen atoms in total. The fraction of sp³-hybridized carbons (Fsp3) is 0.625. The maximum Gasteiger partial charge on any atom is 0.310 e. The van der Waals surface area contributed by atoms with Crippen LogP contribution in [0.3, 0.4) is 0 Å². The van der Waals surface area contributed by atoms with E-state index >= 15 is 0 Å². The van der Waals surface area contributed by atoms with Crippen LogP contribution in [0.4, 0.5) is 16.4 Å². The molecule has 0 unspecified atom stereocenters. The lowest BCUT2D eigenvalue weighted by Crippen LogP contribution is -2.59. The van der Waals surface area contributed by atoms with E-state index in [-0.39, 0.29) is 5.97 Å². The van der Waals surface area contributed by atoms with Crippen LogP contribution >= 0.6 is 11.3 Å². The first kappa shape index (κ1) is 29.6. The van der Waals surface area contributed by atoms with Gasteiger partial charge in [0.2, 0.25) is 6.73 Å². The zero-order valence-electron chi connectivity index (χ0n) is 24.5. The maximum absolute atomic E-state index is 12.4. The summed E-state index contributed by atoms with van der Waals surface area (Å²) in [5, 5.41) is 4.76. The average molecular weight is 554 g/mol. The molecule has 0 radical (unpaired) electrons. The molecule has 0 amide bonds. The fourth-order valence-electron chi connectivity index (χ4n) is 5.51. The van der Waals surface area contributed by atoms with E-state index in [9.17, 15) is 4.79 Å². The number of rotatable bonds is 14. The molecule has 2 aliphatic heterocycles. The summed E-state index contributed by atoms with van der Waals surface area (Å²) in [4.78, 5) is 21.2. The van der Waals surface area contributed by atoms with Crippen molar-refractivity contribution in [1.82, 2.24) is 4.90 Å². The number of piperazine rings is 1. The fourth-order valence-corrected chi connectivity index (χ4v) is 6.43. The third-order valence-electron chi connectivity index (χ3n) is 8.12. The third kappa shape index (κ3) is 8.81. The molecule has 0 bridgehead atoms. The highest BCUT2D eigenvalue weighted by molar-refractivity contribution is 7.16. The van der Waals surface area contributed by atoms with Crippen LogP contribution < -0.4 is 5.32 Å². The van der Waals surface area contributed by atoms with E-state index in [0.717, 1.165) is 65.7 Å². The van der Waals surface area contributed by atoms with Crippen molar-refractivity contribution in [2.75, 3.05) is 45.3 Å². The molecule has 39 heavy (non-hydrogen) atoms. The Labute approximate surface area is 240 Å². The Balaban J connectivity index is 1.16. The predicted octanol–water partition coefficient (Wildman–Crippen LogP) is 8.16. The number of benzene rings is 1. The topological polar surface area (TPSA) is 53.9 Å². The summed E-state index contributed by atoms with van der Waals surface area (Å²) >= 11 is 1.78. The van der Waals surface area contributed by atoms with Crippen molar-refractivity contribution in [3.05, 3.63) is 40.8 Å². The number of unbranched alkanes of at least 4 members (excludes halogenated alkanes) is 10. The zero-order chi connectivity index (χ0) is 27.5. The minimum atomic E-state index is -0.0399. The van der Waals surface area contributed by atoms with Gasteiger partial charge in [-0.15, -0.1) is 11.3 Å². The highest BCUT2D eigenvalue weighted by Gasteiger charge is 2.33. The number of aliphatic imine (C=N–C) groups is 1. The number of carbonyl (C=O) groups excluding carboxylic acids is 1. The summed E-state index contributed by atoms with van der Waals surface area (Å²) in [5.41, 5.74) is 3.22. The second-order valence-electron chi connectivity index (χ2n) is 11.7. The molecule has 7 heteroatoms. The van der Waals surface area contributed by atoms with Gasteiger partial charge in [-0.3, -0.25) is 9.28 Å². The van der Waals surface area contributed by atoms with E-state index in [0.29, 0.717) is 13.2 Å². The SMILES string of the molecule is CCCCCCCCCCCCCC(=O)OC[N+]1(C)CCN(C2=Nc3ccccc3Nc3sc(C)cc32)CC1. The zero-order valence-corrected chi connectivity index (χ0v) is 25.3. The number of para-hydroxylation sites is 2. The van der Waals surface area contributed by atoms with Gasteiger partial charge < -0.3 is 15.0 Å². The maximum atomic E-state index is 12.4. The first-order valence-corrected chi connectivity index (χ1v) is 16.1. The molecule has 214 valence electrons. The summed E-state index contributed by atoms with van der Waals surface area (Å²) in [6.07, 6.45) is 14.7. The summed E-state index contributed by atoms with van der Waals surface area (Å²) in [6, 6.07) is 10.5. The summed E-state index contributed by atoms with van der Waals surface area (Å²) in [5.74, 6) is 1.01. The molecule has 0 saturated carbocycles. The van der Waals surface area contributed by atoms with Crippen molar-refractivity contribution in [1.29, 1.82) is 0 Å². The lowest BCUT2D eigenvalue weighted by Gasteiger charge is -2.42. The Kier molecular flexibility index (Phi) is 11.3. The Morgan fingerprint density at radius 1 is 1.00 bits per heavy atom. The van der Waals surface area contributed by atoms with Crippen molar-refractivity contribution in [3.8, 4) is 0 Å². The number of aryl methyl sites for hydroxylation is 1. The second kappa shape index (κ2) is 14.8. The standard InChI is InChI=1S/C32H49N4O2S/c1-4-5-6-7-8-9-10-11-12-13-14-19-30(37)38-25-36(3)22-20-35(21-23-36)31-27-24-26(2)39-32(27)34-29-18-16-15-17-28(29)33-31/h15-18,24,34H,4-14,19-23,25H2,1-3H3/q+1. The van der Waals surface area contributed by atoms with Crippen molar-refractivity contribution < 1.29 is 14.0 Å². The quantitative estimate of drug-likeness (QED) is 0.146. The predicted molar refractivity (Wildman–Crippen MR) is 165 cm³/mol. The van der Waals surface area contributed by atoms with Gasteiger partial charge in [0.25, 0.3) is 0 Å². The molecule has 1 aromatic carbocycles. The van der Waals surface area contributed by atoms with Gasteiger partial charge in [0.1, 0.15) is 10.8 Å². The first-order chi connectivity index (χ1) is 19.0. The van der Waals surface area contributed by atoms with Crippen LogP contribution in [0.1, 0.15) is 94.4 Å². The number of carbonyl (C=O) groups is 1. The van der Waals surface area contributed by atoms with Crippen molar-refractivity contribution in [3.63, 3.8) is 0 Å². The van der Waals surface area contributed by atoms with E-state index in [4.69, 9.17) is 9.73 Å². The van der Waals surface area contributed by atoms with Crippen LogP contribution in [-0.2, 0) is 9.53 Å². The normalized spacial score (nSPS) is 16.1. The van der Waals surface area contributed by atoms with Crippen LogP contribution in [0.2, 0.25) is 0 Å².